The smallest absolute Gasteiger partial charge is 0.163 e. The zero-order valence-electron chi connectivity index (χ0n) is 14.7. The lowest BCUT2D eigenvalue weighted by Crippen LogP contribution is -1.96. The van der Waals surface area contributed by atoms with Crippen LogP contribution in [0.3, 0.4) is 0 Å². The van der Waals surface area contributed by atoms with E-state index < -0.39 is 0 Å². The summed E-state index contributed by atoms with van der Waals surface area (Å²) in [5, 5.41) is 11.0. The lowest BCUT2D eigenvalue weighted by atomic mass is 10.2. The van der Waals surface area contributed by atoms with E-state index in [1.54, 1.807) is 0 Å². The maximum absolute atomic E-state index is 4.28. The summed E-state index contributed by atoms with van der Waals surface area (Å²) in [6, 6.07) is 25.6. The fraction of sp³-hybridized carbons (Fsp3) is 0.0909. The van der Waals surface area contributed by atoms with Gasteiger partial charge in [-0.3, -0.25) is 0 Å². The highest BCUT2D eigenvalue weighted by Gasteiger charge is 2.12. The van der Waals surface area contributed by atoms with Crippen molar-refractivity contribution in [2.24, 2.45) is 7.05 Å². The molecule has 2 heterocycles. The van der Waals surface area contributed by atoms with Crippen LogP contribution in [-0.4, -0.2) is 19.3 Å². The minimum Gasteiger partial charge on any atom is -0.314 e. The quantitative estimate of drug-likeness (QED) is 0.459. The maximum Gasteiger partial charge on any atom is 0.163 e. The van der Waals surface area contributed by atoms with E-state index in [1.165, 1.54) is 21.8 Å². The van der Waals surface area contributed by atoms with Crippen molar-refractivity contribution >= 4 is 21.8 Å². The van der Waals surface area contributed by atoms with Crippen molar-refractivity contribution in [3.8, 4) is 17.1 Å². The Morgan fingerprint density at radius 3 is 1.81 bits per heavy atom. The van der Waals surface area contributed by atoms with Gasteiger partial charge in [-0.1, -0.05) is 36.4 Å². The van der Waals surface area contributed by atoms with Crippen LogP contribution in [0.5, 0.6) is 0 Å². The number of hydrogen-bond acceptors (Lipinski definition) is 2. The molecule has 0 radical (unpaired) electrons. The molecule has 0 aliphatic rings. The van der Waals surface area contributed by atoms with E-state index >= 15 is 0 Å². The number of rotatable bonds is 2. The van der Waals surface area contributed by atoms with Crippen LogP contribution in [0.15, 0.2) is 72.8 Å². The summed E-state index contributed by atoms with van der Waals surface area (Å²) in [5.74, 6) is 1.79. The van der Waals surface area contributed by atoms with Crippen LogP contribution in [0, 0.1) is 6.92 Å². The lowest BCUT2D eigenvalue weighted by molar-refractivity contribution is 0.865. The molecule has 0 bridgehead atoms. The molecule has 0 saturated heterocycles. The molecule has 5 rings (SSSR count). The molecule has 3 aromatic carbocycles. The summed E-state index contributed by atoms with van der Waals surface area (Å²) in [6.45, 7) is 1.96. The van der Waals surface area contributed by atoms with Crippen LogP contribution < -0.4 is 0 Å². The molecule has 2 aromatic heterocycles. The number of fused-ring (bicyclic) bond motifs is 3. The predicted molar refractivity (Wildman–Crippen MR) is 106 cm³/mol. The normalized spacial score (nSPS) is 11.5. The first-order chi connectivity index (χ1) is 12.7. The molecule has 0 fully saturated rings. The van der Waals surface area contributed by atoms with Crippen LogP contribution in [0.2, 0.25) is 0 Å². The van der Waals surface area contributed by atoms with E-state index in [0.29, 0.717) is 0 Å². The van der Waals surface area contributed by atoms with Crippen molar-refractivity contribution in [1.29, 1.82) is 0 Å². The van der Waals surface area contributed by atoms with Crippen LogP contribution in [-0.2, 0) is 7.05 Å². The van der Waals surface area contributed by atoms with Gasteiger partial charge in [0.25, 0.3) is 0 Å². The molecule has 0 spiro atoms. The minimum absolute atomic E-state index is 0.885. The minimum atomic E-state index is 0.885. The molecule has 126 valence electrons. The molecule has 4 nitrogen and oxygen atoms in total. The average Bonchev–Trinajstić information content (AvgIpc) is 3.20. The summed E-state index contributed by atoms with van der Waals surface area (Å²) in [5.41, 5.74) is 4.65. The van der Waals surface area contributed by atoms with Crippen molar-refractivity contribution in [1.82, 2.24) is 19.3 Å². The Hall–Kier alpha value is -3.40. The Morgan fingerprint density at radius 2 is 1.27 bits per heavy atom. The monoisotopic (exact) mass is 338 g/mol. The van der Waals surface area contributed by atoms with Gasteiger partial charge in [-0.15, -0.1) is 10.2 Å². The highest BCUT2D eigenvalue weighted by Crippen LogP contribution is 2.32. The first-order valence-corrected chi connectivity index (χ1v) is 8.69. The summed E-state index contributed by atoms with van der Waals surface area (Å²) in [4.78, 5) is 0. The summed E-state index contributed by atoms with van der Waals surface area (Å²) in [7, 11) is 1.99. The SMILES string of the molecule is Cc1nnc(-c2ccc(-n3c4ccccc4c4ccccc43)cc2)n1C. The zero-order chi connectivity index (χ0) is 17.7. The Kier molecular flexibility index (Phi) is 3.19. The molecule has 0 aliphatic heterocycles. The molecule has 0 N–H and O–H groups in total. The van der Waals surface area contributed by atoms with Gasteiger partial charge in [-0.25, -0.2) is 0 Å². The molecule has 26 heavy (non-hydrogen) atoms. The van der Waals surface area contributed by atoms with E-state index in [1.807, 2.05) is 18.5 Å². The Balaban J connectivity index is 1.72. The highest BCUT2D eigenvalue weighted by atomic mass is 15.3. The maximum atomic E-state index is 4.28. The molecular formula is C22H18N4. The van der Waals surface area contributed by atoms with E-state index in [-0.39, 0.29) is 0 Å². The van der Waals surface area contributed by atoms with Crippen LogP contribution in [0.25, 0.3) is 38.9 Å². The number of nitrogens with zero attached hydrogens (tertiary/aromatic N) is 4. The standard InChI is InChI=1S/C22H18N4/c1-15-23-24-22(25(15)2)16-11-13-17(14-12-16)26-20-9-5-3-7-18(20)19-8-4-6-10-21(19)26/h3-14H,1-2H3. The van der Waals surface area contributed by atoms with Crippen molar-refractivity contribution in [2.45, 2.75) is 6.92 Å². The molecule has 5 aromatic rings. The highest BCUT2D eigenvalue weighted by molar-refractivity contribution is 6.09. The van der Waals surface area contributed by atoms with E-state index in [2.05, 4.69) is 87.6 Å². The van der Waals surface area contributed by atoms with Gasteiger partial charge >= 0.3 is 0 Å². The second kappa shape index (κ2) is 5.56. The number of aromatic nitrogens is 4. The molecule has 0 aliphatic carbocycles. The number of hydrogen-bond donors (Lipinski definition) is 0. The van der Waals surface area contributed by atoms with Gasteiger partial charge in [-0.2, -0.15) is 0 Å². The summed E-state index contributed by atoms with van der Waals surface area (Å²) < 4.78 is 4.33. The van der Waals surface area contributed by atoms with Crippen molar-refractivity contribution in [2.75, 3.05) is 0 Å². The third-order valence-corrected chi connectivity index (χ3v) is 5.06. The number of aryl methyl sites for hydroxylation is 1. The predicted octanol–water partition coefficient (Wildman–Crippen LogP) is 4.89. The first kappa shape index (κ1) is 14.9. The molecule has 0 amide bonds. The number of para-hydroxylation sites is 2. The van der Waals surface area contributed by atoms with Crippen molar-refractivity contribution < 1.29 is 0 Å². The van der Waals surface area contributed by atoms with Gasteiger partial charge in [0.2, 0.25) is 0 Å². The van der Waals surface area contributed by atoms with Gasteiger partial charge in [0.15, 0.2) is 5.82 Å². The second-order valence-corrected chi connectivity index (χ2v) is 6.55. The average molecular weight is 338 g/mol. The third kappa shape index (κ3) is 2.09. The van der Waals surface area contributed by atoms with Crippen molar-refractivity contribution in [3.63, 3.8) is 0 Å². The lowest BCUT2D eigenvalue weighted by Gasteiger charge is -2.09. The topological polar surface area (TPSA) is 35.6 Å². The Morgan fingerprint density at radius 1 is 0.692 bits per heavy atom. The van der Waals surface area contributed by atoms with Gasteiger partial charge in [0, 0.05) is 29.1 Å². The molecule has 0 saturated carbocycles. The molecule has 0 atom stereocenters. The van der Waals surface area contributed by atoms with Crippen molar-refractivity contribution in [3.05, 3.63) is 78.6 Å². The van der Waals surface area contributed by atoms with Crippen LogP contribution in [0.4, 0.5) is 0 Å². The second-order valence-electron chi connectivity index (χ2n) is 6.55. The summed E-state index contributed by atoms with van der Waals surface area (Å²) in [6.07, 6.45) is 0. The molecule has 4 heteroatoms. The Labute approximate surface area is 151 Å². The van der Waals surface area contributed by atoms with Gasteiger partial charge in [-0.05, 0) is 43.3 Å². The van der Waals surface area contributed by atoms with Gasteiger partial charge in [0.1, 0.15) is 5.82 Å². The van der Waals surface area contributed by atoms with Crippen LogP contribution in [0.1, 0.15) is 5.82 Å². The zero-order valence-corrected chi connectivity index (χ0v) is 14.7. The van der Waals surface area contributed by atoms with Crippen LogP contribution >= 0.6 is 0 Å². The fourth-order valence-electron chi connectivity index (χ4n) is 3.62. The number of benzene rings is 3. The van der Waals surface area contributed by atoms with E-state index in [9.17, 15) is 0 Å². The molecular weight excluding hydrogens is 320 g/mol. The van der Waals surface area contributed by atoms with Gasteiger partial charge in [0.05, 0.1) is 11.0 Å². The fourth-order valence-corrected chi connectivity index (χ4v) is 3.62. The summed E-state index contributed by atoms with van der Waals surface area (Å²) >= 11 is 0. The van der Waals surface area contributed by atoms with E-state index in [4.69, 9.17) is 0 Å². The third-order valence-electron chi connectivity index (χ3n) is 5.06. The van der Waals surface area contributed by atoms with E-state index in [0.717, 1.165) is 22.9 Å². The molecule has 0 unspecified atom stereocenters. The first-order valence-electron chi connectivity index (χ1n) is 8.69. The van der Waals surface area contributed by atoms with Gasteiger partial charge < -0.3 is 9.13 Å². The Bertz CT molecular complexity index is 1190. The largest absolute Gasteiger partial charge is 0.314 e.